The van der Waals surface area contributed by atoms with Gasteiger partial charge in [-0.05, 0) is 54.8 Å². The quantitative estimate of drug-likeness (QED) is 0.654. The van der Waals surface area contributed by atoms with E-state index in [1.165, 1.54) is 0 Å². The number of methoxy groups -OCH3 is 1. The molecule has 27 heavy (non-hydrogen) atoms. The molecule has 0 spiro atoms. The number of anilines is 1. The molecule has 0 atom stereocenters. The minimum atomic E-state index is -0.456. The number of halogens is 1. The van der Waals surface area contributed by atoms with Crippen LogP contribution in [-0.2, 0) is 14.9 Å². The molecule has 1 aliphatic rings. The number of amides is 2. The summed E-state index contributed by atoms with van der Waals surface area (Å²) < 4.78 is 5.93. The van der Waals surface area contributed by atoms with Gasteiger partial charge in [0.2, 0.25) is 5.91 Å². The molecule has 5 nitrogen and oxygen atoms in total. The summed E-state index contributed by atoms with van der Waals surface area (Å²) in [5.74, 6) is -0.108. The second kappa shape index (κ2) is 8.67. The first-order chi connectivity index (χ1) is 13.0. The first-order valence-electron chi connectivity index (χ1n) is 9.00. The van der Waals surface area contributed by atoms with E-state index in [0.29, 0.717) is 24.4 Å². The number of benzene rings is 2. The van der Waals surface area contributed by atoms with Gasteiger partial charge >= 0.3 is 0 Å². The number of hydrogen-bond donors (Lipinski definition) is 2. The van der Waals surface area contributed by atoms with Crippen LogP contribution < -0.4 is 10.6 Å². The van der Waals surface area contributed by atoms with Crippen molar-refractivity contribution < 1.29 is 14.3 Å². The van der Waals surface area contributed by atoms with E-state index in [1.807, 2.05) is 36.4 Å². The Labute approximate surface area is 167 Å². The normalized spacial score (nSPS) is 14.9. The highest BCUT2D eigenvalue weighted by molar-refractivity contribution is 9.10. The molecule has 1 aliphatic carbocycles. The fourth-order valence-electron chi connectivity index (χ4n) is 3.29. The van der Waals surface area contributed by atoms with Crippen molar-refractivity contribution in [2.75, 3.05) is 25.6 Å². The van der Waals surface area contributed by atoms with Crippen LogP contribution >= 0.6 is 15.9 Å². The van der Waals surface area contributed by atoms with Gasteiger partial charge < -0.3 is 15.4 Å². The zero-order chi connectivity index (χ0) is 19.3. The first kappa shape index (κ1) is 19.6. The van der Waals surface area contributed by atoms with Gasteiger partial charge in [0, 0.05) is 29.4 Å². The highest BCUT2D eigenvalue weighted by Gasteiger charge is 2.45. The maximum absolute atomic E-state index is 12.7. The minimum absolute atomic E-state index is 0.0532. The van der Waals surface area contributed by atoms with Crippen molar-refractivity contribution in [1.29, 1.82) is 0 Å². The van der Waals surface area contributed by atoms with Crippen LogP contribution in [0.3, 0.4) is 0 Å². The maximum Gasteiger partial charge on any atom is 0.255 e. The van der Waals surface area contributed by atoms with Crippen molar-refractivity contribution in [3.05, 3.63) is 64.1 Å². The Balaban J connectivity index is 1.67. The smallest absolute Gasteiger partial charge is 0.255 e. The summed E-state index contributed by atoms with van der Waals surface area (Å²) in [4.78, 5) is 25.0. The Morgan fingerprint density at radius 1 is 1.07 bits per heavy atom. The van der Waals surface area contributed by atoms with Gasteiger partial charge in [-0.1, -0.05) is 34.5 Å². The third kappa shape index (κ3) is 4.39. The fraction of sp³-hybridized carbons (Fsp3) is 0.333. The van der Waals surface area contributed by atoms with Crippen LogP contribution in [0.2, 0.25) is 0 Å². The van der Waals surface area contributed by atoms with E-state index >= 15 is 0 Å². The highest BCUT2D eigenvalue weighted by atomic mass is 79.9. The lowest BCUT2D eigenvalue weighted by Gasteiger charge is -2.40. The molecular weight excluding hydrogens is 408 g/mol. The SMILES string of the molecule is COCCNC(=O)C1(c2ccc(NC(=O)c3ccc(Br)cc3)cc2)CCC1. The molecule has 0 aromatic heterocycles. The lowest BCUT2D eigenvalue weighted by atomic mass is 9.64. The van der Waals surface area contributed by atoms with Crippen molar-refractivity contribution in [1.82, 2.24) is 5.32 Å². The van der Waals surface area contributed by atoms with Gasteiger partial charge in [0.15, 0.2) is 0 Å². The second-order valence-corrected chi connectivity index (χ2v) is 7.64. The van der Waals surface area contributed by atoms with E-state index in [1.54, 1.807) is 19.2 Å². The molecule has 0 unspecified atom stereocenters. The molecule has 2 amide bonds. The molecule has 0 aliphatic heterocycles. The van der Waals surface area contributed by atoms with Crippen molar-refractivity contribution >= 4 is 33.4 Å². The van der Waals surface area contributed by atoms with E-state index in [4.69, 9.17) is 4.74 Å². The molecule has 0 heterocycles. The van der Waals surface area contributed by atoms with Crippen LogP contribution in [0.25, 0.3) is 0 Å². The van der Waals surface area contributed by atoms with Crippen molar-refractivity contribution in [3.8, 4) is 0 Å². The standard InChI is InChI=1S/C21H23BrN2O3/c1-27-14-13-23-20(26)21(11-2-12-21)16-5-9-18(10-6-16)24-19(25)15-3-7-17(22)8-4-15/h3-10H,2,11-14H2,1H3,(H,23,26)(H,24,25). The largest absolute Gasteiger partial charge is 0.383 e. The summed E-state index contributed by atoms with van der Waals surface area (Å²) in [6, 6.07) is 14.8. The molecule has 0 radical (unpaired) electrons. The summed E-state index contributed by atoms with van der Waals surface area (Å²) in [6.07, 6.45) is 2.73. The second-order valence-electron chi connectivity index (χ2n) is 6.72. The van der Waals surface area contributed by atoms with Gasteiger partial charge in [-0.25, -0.2) is 0 Å². The summed E-state index contributed by atoms with van der Waals surface area (Å²) in [6.45, 7) is 1.02. The van der Waals surface area contributed by atoms with Gasteiger partial charge in [0.1, 0.15) is 0 Å². The Bertz CT molecular complexity index is 799. The molecule has 0 bridgehead atoms. The topological polar surface area (TPSA) is 67.4 Å². The van der Waals surface area contributed by atoms with Crippen molar-refractivity contribution in [3.63, 3.8) is 0 Å². The molecule has 142 valence electrons. The van der Waals surface area contributed by atoms with Crippen LogP contribution in [0.15, 0.2) is 53.0 Å². The Kier molecular flexibility index (Phi) is 6.29. The van der Waals surface area contributed by atoms with Gasteiger partial charge in [-0.2, -0.15) is 0 Å². The minimum Gasteiger partial charge on any atom is -0.383 e. The maximum atomic E-state index is 12.7. The van der Waals surface area contributed by atoms with Crippen LogP contribution in [0.5, 0.6) is 0 Å². The molecule has 2 N–H and O–H groups in total. The zero-order valence-electron chi connectivity index (χ0n) is 15.3. The average molecular weight is 431 g/mol. The van der Waals surface area contributed by atoms with E-state index in [0.717, 1.165) is 29.3 Å². The van der Waals surface area contributed by atoms with E-state index in [2.05, 4.69) is 26.6 Å². The molecule has 2 aromatic rings. The van der Waals surface area contributed by atoms with E-state index in [9.17, 15) is 9.59 Å². The van der Waals surface area contributed by atoms with Gasteiger partial charge in [0.25, 0.3) is 5.91 Å². The zero-order valence-corrected chi connectivity index (χ0v) is 16.8. The summed E-state index contributed by atoms with van der Waals surface area (Å²) in [7, 11) is 1.62. The number of ether oxygens (including phenoxy) is 1. The van der Waals surface area contributed by atoms with Crippen LogP contribution in [0, 0.1) is 0 Å². The Hall–Kier alpha value is -2.18. The average Bonchev–Trinajstić information content (AvgIpc) is 2.63. The molecule has 2 aromatic carbocycles. The molecule has 1 saturated carbocycles. The number of carbonyl (C=O) groups excluding carboxylic acids is 2. The molecule has 6 heteroatoms. The third-order valence-electron chi connectivity index (χ3n) is 5.04. The number of rotatable bonds is 7. The van der Waals surface area contributed by atoms with Gasteiger partial charge in [-0.3, -0.25) is 9.59 Å². The predicted molar refractivity (Wildman–Crippen MR) is 109 cm³/mol. The monoisotopic (exact) mass is 430 g/mol. The lowest BCUT2D eigenvalue weighted by Crippen LogP contribution is -2.49. The van der Waals surface area contributed by atoms with E-state index in [-0.39, 0.29) is 11.8 Å². The Morgan fingerprint density at radius 3 is 2.30 bits per heavy atom. The predicted octanol–water partition coefficient (Wildman–Crippen LogP) is 3.89. The number of hydrogen-bond acceptors (Lipinski definition) is 3. The van der Waals surface area contributed by atoms with Crippen LogP contribution in [-0.4, -0.2) is 32.1 Å². The van der Waals surface area contributed by atoms with Crippen molar-refractivity contribution in [2.24, 2.45) is 0 Å². The van der Waals surface area contributed by atoms with Crippen LogP contribution in [0.1, 0.15) is 35.2 Å². The molecular formula is C21H23BrN2O3. The van der Waals surface area contributed by atoms with Gasteiger partial charge in [0.05, 0.1) is 12.0 Å². The first-order valence-corrected chi connectivity index (χ1v) is 9.79. The fourth-order valence-corrected chi connectivity index (χ4v) is 3.55. The van der Waals surface area contributed by atoms with Crippen LogP contribution in [0.4, 0.5) is 5.69 Å². The van der Waals surface area contributed by atoms with Crippen molar-refractivity contribution in [2.45, 2.75) is 24.7 Å². The summed E-state index contributed by atoms with van der Waals surface area (Å²) >= 11 is 3.36. The van der Waals surface area contributed by atoms with E-state index < -0.39 is 5.41 Å². The molecule has 1 fully saturated rings. The summed E-state index contributed by atoms with van der Waals surface area (Å²) in [5.41, 5.74) is 1.84. The summed E-state index contributed by atoms with van der Waals surface area (Å²) in [5, 5.41) is 5.85. The lowest BCUT2D eigenvalue weighted by molar-refractivity contribution is -0.130. The Morgan fingerprint density at radius 2 is 1.74 bits per heavy atom. The number of carbonyl (C=O) groups is 2. The van der Waals surface area contributed by atoms with Gasteiger partial charge in [-0.15, -0.1) is 0 Å². The molecule has 0 saturated heterocycles. The third-order valence-corrected chi connectivity index (χ3v) is 5.56. The highest BCUT2D eigenvalue weighted by Crippen LogP contribution is 2.44. The number of nitrogens with one attached hydrogen (secondary N) is 2. The molecule has 3 rings (SSSR count).